The first kappa shape index (κ1) is 20.0. The van der Waals surface area contributed by atoms with Crippen molar-refractivity contribution in [3.05, 3.63) is 28.9 Å². The molecule has 5 nitrogen and oxygen atoms in total. The van der Waals surface area contributed by atoms with Gasteiger partial charge in [-0.2, -0.15) is 0 Å². The van der Waals surface area contributed by atoms with Gasteiger partial charge in [0.25, 0.3) is 0 Å². The van der Waals surface area contributed by atoms with Gasteiger partial charge in [0, 0.05) is 24.9 Å². The number of carbonyl (C=O) groups is 1. The van der Waals surface area contributed by atoms with Gasteiger partial charge in [0.1, 0.15) is 0 Å². The van der Waals surface area contributed by atoms with E-state index >= 15 is 0 Å². The molecule has 0 unspecified atom stereocenters. The Morgan fingerprint density at radius 1 is 1.32 bits per heavy atom. The molecule has 1 aromatic rings. The zero-order chi connectivity index (χ0) is 18.8. The SMILES string of the molecule is COc1cc(C)c(C=C(CSC(C)=O)B2OC(C)(C)C(C)(C)O2)cn1. The first-order valence-corrected chi connectivity index (χ1v) is 9.24. The summed E-state index contributed by atoms with van der Waals surface area (Å²) in [5, 5.41) is 0.0620. The van der Waals surface area contributed by atoms with Gasteiger partial charge in [-0.05, 0) is 51.2 Å². The Bertz CT molecular complexity index is 672. The molecule has 0 saturated carbocycles. The second-order valence-corrected chi connectivity index (χ2v) is 8.32. The molecule has 1 aliphatic heterocycles. The number of hydrogen-bond acceptors (Lipinski definition) is 6. The summed E-state index contributed by atoms with van der Waals surface area (Å²) in [7, 11) is 1.11. The second kappa shape index (κ2) is 7.52. The number of aromatic nitrogens is 1. The van der Waals surface area contributed by atoms with E-state index in [0.717, 1.165) is 16.6 Å². The van der Waals surface area contributed by atoms with E-state index in [1.54, 1.807) is 20.2 Å². The summed E-state index contributed by atoms with van der Waals surface area (Å²) in [6.07, 6.45) is 3.76. The van der Waals surface area contributed by atoms with Crippen molar-refractivity contribution in [2.24, 2.45) is 0 Å². The summed E-state index contributed by atoms with van der Waals surface area (Å²) < 4.78 is 17.5. The minimum absolute atomic E-state index is 0.0620. The van der Waals surface area contributed by atoms with E-state index < -0.39 is 18.3 Å². The van der Waals surface area contributed by atoms with Crippen LogP contribution in [0.1, 0.15) is 45.7 Å². The van der Waals surface area contributed by atoms with Crippen molar-refractivity contribution in [1.29, 1.82) is 0 Å². The van der Waals surface area contributed by atoms with Gasteiger partial charge in [0.05, 0.1) is 18.3 Å². The third-order valence-corrected chi connectivity index (χ3v) is 5.56. The molecule has 0 radical (unpaired) electrons. The molecule has 136 valence electrons. The van der Waals surface area contributed by atoms with Crippen LogP contribution in [0.4, 0.5) is 0 Å². The van der Waals surface area contributed by atoms with Gasteiger partial charge in [-0.1, -0.05) is 17.8 Å². The van der Waals surface area contributed by atoms with Gasteiger partial charge in [-0.15, -0.1) is 0 Å². The minimum Gasteiger partial charge on any atom is -0.481 e. The smallest absolute Gasteiger partial charge is 0.481 e. The van der Waals surface area contributed by atoms with Crippen LogP contribution in [0.25, 0.3) is 6.08 Å². The average Bonchev–Trinajstić information content (AvgIpc) is 2.72. The number of pyridine rings is 1. The fraction of sp³-hybridized carbons (Fsp3) is 0.556. The molecule has 0 aliphatic carbocycles. The fourth-order valence-electron chi connectivity index (χ4n) is 2.36. The van der Waals surface area contributed by atoms with Crippen LogP contribution in [0.2, 0.25) is 0 Å². The van der Waals surface area contributed by atoms with E-state index in [9.17, 15) is 4.79 Å². The highest BCUT2D eigenvalue weighted by atomic mass is 32.2. The summed E-state index contributed by atoms with van der Waals surface area (Å²) in [5.41, 5.74) is 2.05. The average molecular weight is 363 g/mol. The topological polar surface area (TPSA) is 57.7 Å². The third-order valence-electron chi connectivity index (χ3n) is 4.67. The Kier molecular flexibility index (Phi) is 6.02. The summed E-state index contributed by atoms with van der Waals surface area (Å²) in [6, 6.07) is 1.88. The lowest BCUT2D eigenvalue weighted by Gasteiger charge is -2.32. The van der Waals surface area contributed by atoms with Crippen LogP contribution in [0.15, 0.2) is 17.7 Å². The molecule has 1 aromatic heterocycles. The van der Waals surface area contributed by atoms with E-state index in [4.69, 9.17) is 14.0 Å². The van der Waals surface area contributed by atoms with Crippen LogP contribution in [-0.2, 0) is 14.1 Å². The molecule has 1 fully saturated rings. The number of rotatable bonds is 5. The molecule has 1 aliphatic rings. The zero-order valence-corrected chi connectivity index (χ0v) is 16.8. The maximum atomic E-state index is 11.4. The van der Waals surface area contributed by atoms with Gasteiger partial charge >= 0.3 is 7.12 Å². The van der Waals surface area contributed by atoms with Gasteiger partial charge in [0.15, 0.2) is 5.12 Å². The lowest BCUT2D eigenvalue weighted by atomic mass is 9.78. The number of methoxy groups -OCH3 is 1. The lowest BCUT2D eigenvalue weighted by molar-refractivity contribution is -0.109. The molecule has 0 N–H and O–H groups in total. The molecule has 0 spiro atoms. The maximum Gasteiger partial charge on any atom is 0.491 e. The van der Waals surface area contributed by atoms with Gasteiger partial charge < -0.3 is 14.0 Å². The molecule has 0 atom stereocenters. The molecular formula is C18H26BNO4S. The zero-order valence-electron chi connectivity index (χ0n) is 16.0. The number of thioether (sulfide) groups is 1. The van der Waals surface area contributed by atoms with Crippen molar-refractivity contribution < 1.29 is 18.8 Å². The number of aryl methyl sites for hydroxylation is 1. The van der Waals surface area contributed by atoms with Gasteiger partial charge in [-0.3, -0.25) is 4.79 Å². The van der Waals surface area contributed by atoms with Crippen LogP contribution in [0.3, 0.4) is 0 Å². The Labute approximate surface area is 154 Å². The summed E-state index contributed by atoms with van der Waals surface area (Å²) in [5.74, 6) is 1.09. The molecule has 2 rings (SSSR count). The molecule has 1 saturated heterocycles. The van der Waals surface area contributed by atoms with E-state index in [1.807, 2.05) is 46.8 Å². The summed E-state index contributed by atoms with van der Waals surface area (Å²) in [4.78, 5) is 15.7. The number of hydrogen-bond donors (Lipinski definition) is 0. The van der Waals surface area contributed by atoms with E-state index in [1.165, 1.54) is 11.8 Å². The highest BCUT2D eigenvalue weighted by Crippen LogP contribution is 2.39. The van der Waals surface area contributed by atoms with E-state index in [-0.39, 0.29) is 5.12 Å². The molecule has 0 aromatic carbocycles. The van der Waals surface area contributed by atoms with E-state index in [0.29, 0.717) is 11.6 Å². The number of carbonyl (C=O) groups excluding carboxylic acids is 1. The third kappa shape index (κ3) is 4.66. The fourth-order valence-corrected chi connectivity index (χ4v) is 2.95. The number of ether oxygens (including phenoxy) is 1. The van der Waals surface area contributed by atoms with Gasteiger partial charge in [-0.25, -0.2) is 4.98 Å². The molecule has 25 heavy (non-hydrogen) atoms. The summed E-state index contributed by atoms with van der Waals surface area (Å²) in [6.45, 7) is 11.6. The Morgan fingerprint density at radius 2 is 1.92 bits per heavy atom. The molecule has 0 bridgehead atoms. The molecule has 0 amide bonds. The van der Waals surface area contributed by atoms with Crippen molar-refractivity contribution in [3.8, 4) is 5.88 Å². The van der Waals surface area contributed by atoms with Crippen molar-refractivity contribution >= 4 is 30.1 Å². The molecular weight excluding hydrogens is 337 g/mol. The second-order valence-electron chi connectivity index (χ2n) is 7.17. The summed E-state index contributed by atoms with van der Waals surface area (Å²) >= 11 is 1.25. The van der Waals surface area contributed by atoms with Crippen LogP contribution in [0, 0.1) is 6.92 Å². The normalized spacial score (nSPS) is 19.2. The van der Waals surface area contributed by atoms with Crippen molar-refractivity contribution in [2.75, 3.05) is 12.9 Å². The van der Waals surface area contributed by atoms with Crippen LogP contribution < -0.4 is 4.74 Å². The predicted molar refractivity (Wildman–Crippen MR) is 103 cm³/mol. The van der Waals surface area contributed by atoms with Crippen molar-refractivity contribution in [2.45, 2.75) is 52.7 Å². The highest BCUT2D eigenvalue weighted by Gasteiger charge is 2.52. The van der Waals surface area contributed by atoms with Crippen LogP contribution >= 0.6 is 11.8 Å². The standard InChI is InChI=1S/C18H26BNO4S/c1-12-8-16(22-7)20-10-14(12)9-15(11-25-13(2)21)19-23-17(3,4)18(5,6)24-19/h8-10H,11H2,1-7H3. The van der Waals surface area contributed by atoms with E-state index in [2.05, 4.69) is 4.98 Å². The Hall–Kier alpha value is -1.31. The van der Waals surface area contributed by atoms with Crippen molar-refractivity contribution in [3.63, 3.8) is 0 Å². The van der Waals surface area contributed by atoms with Gasteiger partial charge in [0.2, 0.25) is 5.88 Å². The minimum atomic E-state index is -0.488. The van der Waals surface area contributed by atoms with Crippen LogP contribution in [-0.4, -0.2) is 41.3 Å². The monoisotopic (exact) mass is 363 g/mol. The lowest BCUT2D eigenvalue weighted by Crippen LogP contribution is -2.41. The number of nitrogens with zero attached hydrogens (tertiary/aromatic N) is 1. The molecule has 7 heteroatoms. The van der Waals surface area contributed by atoms with Crippen LogP contribution in [0.5, 0.6) is 5.88 Å². The molecule has 2 heterocycles. The quantitative estimate of drug-likeness (QED) is 0.744. The van der Waals surface area contributed by atoms with Crippen molar-refractivity contribution in [1.82, 2.24) is 4.98 Å². The highest BCUT2D eigenvalue weighted by molar-refractivity contribution is 8.13. The first-order chi connectivity index (χ1) is 11.6. The Balaban J connectivity index is 2.35. The first-order valence-electron chi connectivity index (χ1n) is 8.26. The largest absolute Gasteiger partial charge is 0.491 e. The Morgan fingerprint density at radius 3 is 2.40 bits per heavy atom. The maximum absolute atomic E-state index is 11.4. The predicted octanol–water partition coefficient (Wildman–Crippen LogP) is 3.69.